The third-order valence-electron chi connectivity index (χ3n) is 1.65. The standard InChI is InChI=1S/C10H9ClN4/c1-8-6-9(11)7-13-10(8)4-2-3-5-14-15-12/h6-7H,3,5H2,1H3. The van der Waals surface area contributed by atoms with Crippen LogP contribution >= 0.6 is 11.6 Å². The Labute approximate surface area is 92.9 Å². The normalized spacial score (nSPS) is 8.67. The van der Waals surface area contributed by atoms with E-state index in [4.69, 9.17) is 17.1 Å². The predicted octanol–water partition coefficient (Wildman–Crippen LogP) is 3.10. The molecule has 1 rings (SSSR count). The van der Waals surface area contributed by atoms with Crippen LogP contribution < -0.4 is 0 Å². The summed E-state index contributed by atoms with van der Waals surface area (Å²) in [5, 5.41) is 3.98. The van der Waals surface area contributed by atoms with E-state index in [0.717, 1.165) is 5.56 Å². The number of hydrogen-bond acceptors (Lipinski definition) is 2. The number of aromatic nitrogens is 1. The summed E-state index contributed by atoms with van der Waals surface area (Å²) in [6.07, 6.45) is 2.10. The Kier molecular flexibility index (Phi) is 4.49. The van der Waals surface area contributed by atoms with Crippen LogP contribution in [0.25, 0.3) is 10.4 Å². The zero-order chi connectivity index (χ0) is 11.1. The molecule has 76 valence electrons. The summed E-state index contributed by atoms with van der Waals surface area (Å²) in [6.45, 7) is 2.28. The van der Waals surface area contributed by atoms with Crippen LogP contribution in [0.1, 0.15) is 17.7 Å². The van der Waals surface area contributed by atoms with E-state index >= 15 is 0 Å². The number of rotatable bonds is 2. The second-order valence-electron chi connectivity index (χ2n) is 2.83. The van der Waals surface area contributed by atoms with E-state index in [2.05, 4.69) is 26.9 Å². The average Bonchev–Trinajstić information content (AvgIpc) is 2.20. The lowest BCUT2D eigenvalue weighted by Crippen LogP contribution is -1.87. The van der Waals surface area contributed by atoms with Gasteiger partial charge in [0.15, 0.2) is 0 Å². The molecule has 0 aliphatic rings. The van der Waals surface area contributed by atoms with Gasteiger partial charge in [0.25, 0.3) is 0 Å². The zero-order valence-electron chi connectivity index (χ0n) is 8.24. The molecule has 1 aromatic rings. The molecule has 0 saturated carbocycles. The molecule has 1 aromatic heterocycles. The molecule has 0 unspecified atom stereocenters. The largest absolute Gasteiger partial charge is 0.246 e. The Morgan fingerprint density at radius 3 is 3.13 bits per heavy atom. The zero-order valence-corrected chi connectivity index (χ0v) is 8.99. The summed E-state index contributed by atoms with van der Waals surface area (Å²) in [4.78, 5) is 6.72. The molecule has 0 amide bonds. The topological polar surface area (TPSA) is 61.7 Å². The van der Waals surface area contributed by atoms with Crippen LogP contribution in [0.3, 0.4) is 0 Å². The number of hydrogen-bond donors (Lipinski definition) is 0. The maximum Gasteiger partial charge on any atom is 0.116 e. The molecule has 0 bridgehead atoms. The molecule has 0 N–H and O–H groups in total. The van der Waals surface area contributed by atoms with Gasteiger partial charge in [-0.05, 0) is 30.0 Å². The fraction of sp³-hybridized carbons (Fsp3) is 0.300. The molecule has 0 aliphatic heterocycles. The molecular weight excluding hydrogens is 212 g/mol. The average molecular weight is 221 g/mol. The molecule has 0 aromatic carbocycles. The molecule has 0 spiro atoms. The molecule has 0 fully saturated rings. The summed E-state index contributed by atoms with van der Waals surface area (Å²) < 4.78 is 0. The van der Waals surface area contributed by atoms with Crippen molar-refractivity contribution in [2.24, 2.45) is 5.11 Å². The van der Waals surface area contributed by atoms with Crippen molar-refractivity contribution in [1.29, 1.82) is 0 Å². The number of halogens is 1. The lowest BCUT2D eigenvalue weighted by molar-refractivity contribution is 1.01. The van der Waals surface area contributed by atoms with Crippen LogP contribution in [-0.2, 0) is 0 Å². The summed E-state index contributed by atoms with van der Waals surface area (Å²) >= 11 is 5.75. The highest BCUT2D eigenvalue weighted by Gasteiger charge is 1.96. The monoisotopic (exact) mass is 220 g/mol. The fourth-order valence-electron chi connectivity index (χ4n) is 0.968. The van der Waals surface area contributed by atoms with E-state index in [1.807, 2.05) is 13.0 Å². The molecular formula is C10H9ClN4. The number of nitrogens with zero attached hydrogens (tertiary/aromatic N) is 4. The van der Waals surface area contributed by atoms with Gasteiger partial charge in [-0.25, -0.2) is 4.98 Å². The van der Waals surface area contributed by atoms with Crippen molar-refractivity contribution in [3.05, 3.63) is 39.0 Å². The minimum absolute atomic E-state index is 0.385. The first kappa shape index (κ1) is 11.4. The van der Waals surface area contributed by atoms with Gasteiger partial charge in [-0.2, -0.15) is 0 Å². The highest BCUT2D eigenvalue weighted by atomic mass is 35.5. The highest BCUT2D eigenvalue weighted by molar-refractivity contribution is 6.30. The first-order valence-electron chi connectivity index (χ1n) is 4.36. The van der Waals surface area contributed by atoms with Gasteiger partial charge in [0.2, 0.25) is 0 Å². The Hall–Kier alpha value is -1.69. The second kappa shape index (κ2) is 5.92. The molecule has 15 heavy (non-hydrogen) atoms. The second-order valence-corrected chi connectivity index (χ2v) is 3.26. The third-order valence-corrected chi connectivity index (χ3v) is 1.86. The van der Waals surface area contributed by atoms with Crippen molar-refractivity contribution in [1.82, 2.24) is 4.98 Å². The quantitative estimate of drug-likeness (QED) is 0.248. The smallest absolute Gasteiger partial charge is 0.116 e. The Morgan fingerprint density at radius 2 is 2.47 bits per heavy atom. The van der Waals surface area contributed by atoms with Gasteiger partial charge < -0.3 is 0 Å². The van der Waals surface area contributed by atoms with Crippen molar-refractivity contribution in [2.45, 2.75) is 13.3 Å². The number of pyridine rings is 1. The third kappa shape index (κ3) is 3.90. The van der Waals surface area contributed by atoms with Crippen LogP contribution in [-0.4, -0.2) is 11.5 Å². The van der Waals surface area contributed by atoms with Gasteiger partial charge in [-0.1, -0.05) is 22.6 Å². The van der Waals surface area contributed by atoms with Crippen molar-refractivity contribution in [3.8, 4) is 11.8 Å². The van der Waals surface area contributed by atoms with Gasteiger partial charge in [0, 0.05) is 24.1 Å². The summed E-state index contributed by atoms with van der Waals surface area (Å²) in [5.41, 5.74) is 9.69. The van der Waals surface area contributed by atoms with E-state index in [1.165, 1.54) is 0 Å². The van der Waals surface area contributed by atoms with Gasteiger partial charge in [-0.15, -0.1) is 0 Å². The van der Waals surface area contributed by atoms with E-state index in [9.17, 15) is 0 Å². The molecule has 4 nitrogen and oxygen atoms in total. The molecule has 0 radical (unpaired) electrons. The molecule has 0 saturated heterocycles. The van der Waals surface area contributed by atoms with Crippen LogP contribution in [0.2, 0.25) is 5.02 Å². The van der Waals surface area contributed by atoms with Crippen molar-refractivity contribution in [2.75, 3.05) is 6.54 Å². The van der Waals surface area contributed by atoms with E-state index in [1.54, 1.807) is 6.20 Å². The fourth-order valence-corrected chi connectivity index (χ4v) is 1.18. The summed E-state index contributed by atoms with van der Waals surface area (Å²) in [7, 11) is 0. The van der Waals surface area contributed by atoms with Gasteiger partial charge in [0.1, 0.15) is 5.69 Å². The summed E-state index contributed by atoms with van der Waals surface area (Å²) in [6, 6.07) is 1.81. The van der Waals surface area contributed by atoms with Crippen LogP contribution in [0.5, 0.6) is 0 Å². The molecule has 0 atom stereocenters. The van der Waals surface area contributed by atoms with Crippen molar-refractivity contribution in [3.63, 3.8) is 0 Å². The lowest BCUT2D eigenvalue weighted by atomic mass is 10.2. The predicted molar refractivity (Wildman–Crippen MR) is 59.5 cm³/mol. The summed E-state index contributed by atoms with van der Waals surface area (Å²) in [5.74, 6) is 5.77. The first-order chi connectivity index (χ1) is 7.24. The van der Waals surface area contributed by atoms with E-state index < -0.39 is 0 Å². The van der Waals surface area contributed by atoms with E-state index in [-0.39, 0.29) is 0 Å². The van der Waals surface area contributed by atoms with Gasteiger partial charge >= 0.3 is 0 Å². The van der Waals surface area contributed by atoms with Crippen molar-refractivity contribution < 1.29 is 0 Å². The van der Waals surface area contributed by atoms with E-state index in [0.29, 0.717) is 23.7 Å². The molecule has 0 aliphatic carbocycles. The molecule has 1 heterocycles. The minimum atomic E-state index is 0.385. The maximum atomic E-state index is 8.04. The van der Waals surface area contributed by atoms with Crippen LogP contribution in [0.15, 0.2) is 17.4 Å². The first-order valence-corrected chi connectivity index (χ1v) is 4.73. The maximum absolute atomic E-state index is 8.04. The SMILES string of the molecule is Cc1cc(Cl)cnc1C#CCCN=[N+]=[N-]. The Balaban J connectivity index is 2.67. The Morgan fingerprint density at radius 1 is 1.67 bits per heavy atom. The number of aryl methyl sites for hydroxylation is 1. The molecule has 5 heteroatoms. The lowest BCUT2D eigenvalue weighted by Gasteiger charge is -1.96. The minimum Gasteiger partial charge on any atom is -0.246 e. The van der Waals surface area contributed by atoms with Gasteiger partial charge in [0.05, 0.1) is 5.02 Å². The highest BCUT2D eigenvalue weighted by Crippen LogP contribution is 2.10. The number of azide groups is 1. The van der Waals surface area contributed by atoms with Crippen LogP contribution in [0, 0.1) is 18.8 Å². The van der Waals surface area contributed by atoms with Crippen LogP contribution in [0.4, 0.5) is 0 Å². The van der Waals surface area contributed by atoms with Crippen molar-refractivity contribution >= 4 is 11.6 Å². The Bertz CT molecular complexity index is 452. The van der Waals surface area contributed by atoms with Gasteiger partial charge in [-0.3, -0.25) is 0 Å².